The molecule has 1 aliphatic heterocycles. The topological polar surface area (TPSA) is 105 Å². The molecule has 0 atom stereocenters. The van der Waals surface area contributed by atoms with Crippen LogP contribution in [0.15, 0.2) is 57.9 Å². The average Bonchev–Trinajstić information content (AvgIpc) is 3.30. The standard InChI is InChI=1S/C24H27FN4O4S/c1-16(2)24-27-22(28-33-24)15-17-3-7-20(8-4-17)26-23(30)18-11-13-29(14-12-18)34(31,32)21-9-5-19(25)6-10-21/h3-10,16,18H,11-15H2,1-2H3,(H,26,30). The molecule has 0 spiro atoms. The molecule has 1 saturated heterocycles. The number of carbonyl (C=O) groups excluding carboxylic acids is 1. The number of anilines is 1. The molecule has 1 aromatic heterocycles. The molecule has 2 heterocycles. The number of carbonyl (C=O) groups is 1. The fraction of sp³-hybridized carbons (Fsp3) is 0.375. The second-order valence-electron chi connectivity index (χ2n) is 8.70. The highest BCUT2D eigenvalue weighted by Gasteiger charge is 2.32. The summed E-state index contributed by atoms with van der Waals surface area (Å²) in [4.78, 5) is 17.1. The van der Waals surface area contributed by atoms with Gasteiger partial charge in [0.25, 0.3) is 0 Å². The second kappa shape index (κ2) is 10.0. The number of nitrogens with zero attached hydrogens (tertiary/aromatic N) is 3. The zero-order valence-electron chi connectivity index (χ0n) is 19.1. The first-order valence-electron chi connectivity index (χ1n) is 11.2. The van der Waals surface area contributed by atoms with Crippen molar-refractivity contribution in [3.8, 4) is 0 Å². The van der Waals surface area contributed by atoms with Crippen molar-refractivity contribution in [1.29, 1.82) is 0 Å². The summed E-state index contributed by atoms with van der Waals surface area (Å²) < 4.78 is 45.2. The quantitative estimate of drug-likeness (QED) is 0.542. The Balaban J connectivity index is 1.30. The zero-order chi connectivity index (χ0) is 24.3. The van der Waals surface area contributed by atoms with Gasteiger partial charge in [-0.1, -0.05) is 31.1 Å². The van der Waals surface area contributed by atoms with Gasteiger partial charge < -0.3 is 9.84 Å². The molecule has 34 heavy (non-hydrogen) atoms. The number of nitrogens with one attached hydrogen (secondary N) is 1. The van der Waals surface area contributed by atoms with Gasteiger partial charge in [-0.25, -0.2) is 12.8 Å². The summed E-state index contributed by atoms with van der Waals surface area (Å²) in [6, 6.07) is 12.2. The van der Waals surface area contributed by atoms with E-state index in [1.165, 1.54) is 16.4 Å². The van der Waals surface area contributed by atoms with Crippen molar-refractivity contribution in [1.82, 2.24) is 14.4 Å². The molecule has 1 amide bonds. The third kappa shape index (κ3) is 5.51. The van der Waals surface area contributed by atoms with Crippen molar-refractivity contribution in [3.05, 3.63) is 71.6 Å². The molecule has 0 saturated carbocycles. The third-order valence-corrected chi connectivity index (χ3v) is 7.75. The Morgan fingerprint density at radius 2 is 1.76 bits per heavy atom. The Labute approximate surface area is 198 Å². The predicted molar refractivity (Wildman–Crippen MR) is 124 cm³/mol. The highest BCUT2D eigenvalue weighted by Crippen LogP contribution is 2.25. The smallest absolute Gasteiger partial charge is 0.243 e. The van der Waals surface area contributed by atoms with E-state index in [1.807, 2.05) is 38.1 Å². The minimum absolute atomic E-state index is 0.0538. The van der Waals surface area contributed by atoms with Gasteiger partial charge in [0.1, 0.15) is 5.82 Å². The highest BCUT2D eigenvalue weighted by molar-refractivity contribution is 7.89. The van der Waals surface area contributed by atoms with E-state index in [0.29, 0.717) is 36.7 Å². The SMILES string of the molecule is CC(C)c1nc(Cc2ccc(NC(=O)C3CCN(S(=O)(=O)c4ccc(F)cc4)CC3)cc2)no1. The largest absolute Gasteiger partial charge is 0.339 e. The average molecular weight is 487 g/mol. The minimum atomic E-state index is -3.70. The summed E-state index contributed by atoms with van der Waals surface area (Å²) in [7, 11) is -3.70. The molecule has 180 valence electrons. The molecule has 2 aromatic carbocycles. The third-order valence-electron chi connectivity index (χ3n) is 5.84. The number of aromatic nitrogens is 2. The maximum absolute atomic E-state index is 13.1. The Morgan fingerprint density at radius 3 is 2.35 bits per heavy atom. The van der Waals surface area contributed by atoms with E-state index >= 15 is 0 Å². The molecule has 0 radical (unpaired) electrons. The summed E-state index contributed by atoms with van der Waals surface area (Å²) in [6.07, 6.45) is 1.37. The summed E-state index contributed by atoms with van der Waals surface area (Å²) >= 11 is 0. The van der Waals surface area contributed by atoms with Gasteiger partial charge in [-0.3, -0.25) is 4.79 Å². The number of benzene rings is 2. The predicted octanol–water partition coefficient (Wildman–Crippen LogP) is 3.96. The Morgan fingerprint density at radius 1 is 1.12 bits per heavy atom. The zero-order valence-corrected chi connectivity index (χ0v) is 19.9. The van der Waals surface area contributed by atoms with Gasteiger partial charge in [0.15, 0.2) is 5.82 Å². The normalized spacial score (nSPS) is 15.5. The van der Waals surface area contributed by atoms with E-state index in [1.54, 1.807) is 0 Å². The molecule has 0 aliphatic carbocycles. The van der Waals surface area contributed by atoms with Crippen LogP contribution in [0.1, 0.15) is 49.9 Å². The van der Waals surface area contributed by atoms with E-state index in [2.05, 4.69) is 15.5 Å². The number of rotatable bonds is 7. The van der Waals surface area contributed by atoms with Crippen LogP contribution in [-0.2, 0) is 21.2 Å². The number of piperidine rings is 1. The molecule has 4 rings (SSSR count). The summed E-state index contributed by atoms with van der Waals surface area (Å²) in [5.74, 6) is 0.490. The molecule has 8 nitrogen and oxygen atoms in total. The number of hydrogen-bond donors (Lipinski definition) is 1. The Bertz CT molecular complexity index is 1230. The first-order chi connectivity index (χ1) is 16.2. The first kappa shape index (κ1) is 24.0. The van der Waals surface area contributed by atoms with E-state index in [4.69, 9.17) is 4.52 Å². The van der Waals surface area contributed by atoms with Crippen LogP contribution < -0.4 is 5.32 Å². The lowest BCUT2D eigenvalue weighted by Crippen LogP contribution is -2.41. The minimum Gasteiger partial charge on any atom is -0.339 e. The van der Waals surface area contributed by atoms with Crippen molar-refractivity contribution < 1.29 is 22.1 Å². The van der Waals surface area contributed by atoms with Crippen LogP contribution >= 0.6 is 0 Å². The Hall–Kier alpha value is -3.11. The van der Waals surface area contributed by atoms with Crippen LogP contribution in [0.5, 0.6) is 0 Å². The molecule has 1 N–H and O–H groups in total. The van der Waals surface area contributed by atoms with Gasteiger partial charge in [0, 0.05) is 37.0 Å². The molecule has 0 bridgehead atoms. The number of hydrogen-bond acceptors (Lipinski definition) is 6. The summed E-state index contributed by atoms with van der Waals surface area (Å²) in [6.45, 7) is 4.45. The van der Waals surface area contributed by atoms with Gasteiger partial charge in [0.05, 0.1) is 4.90 Å². The van der Waals surface area contributed by atoms with Crippen molar-refractivity contribution in [3.63, 3.8) is 0 Å². The van der Waals surface area contributed by atoms with Crippen LogP contribution in [0.2, 0.25) is 0 Å². The van der Waals surface area contributed by atoms with Crippen LogP contribution in [0, 0.1) is 11.7 Å². The lowest BCUT2D eigenvalue weighted by Gasteiger charge is -2.30. The molecule has 1 fully saturated rings. The molecular formula is C24H27FN4O4S. The van der Waals surface area contributed by atoms with Gasteiger partial charge >= 0.3 is 0 Å². The van der Waals surface area contributed by atoms with Crippen LogP contribution in [0.4, 0.5) is 10.1 Å². The van der Waals surface area contributed by atoms with Crippen molar-refractivity contribution in [2.24, 2.45) is 5.92 Å². The van der Waals surface area contributed by atoms with E-state index in [-0.39, 0.29) is 35.7 Å². The van der Waals surface area contributed by atoms with Crippen LogP contribution in [-0.4, -0.2) is 41.9 Å². The maximum atomic E-state index is 13.1. The number of amides is 1. The van der Waals surface area contributed by atoms with E-state index < -0.39 is 15.8 Å². The maximum Gasteiger partial charge on any atom is 0.243 e. The molecule has 3 aromatic rings. The fourth-order valence-corrected chi connectivity index (χ4v) is 5.29. The van der Waals surface area contributed by atoms with Gasteiger partial charge in [-0.05, 0) is 54.8 Å². The molecule has 10 heteroatoms. The lowest BCUT2D eigenvalue weighted by molar-refractivity contribution is -0.120. The van der Waals surface area contributed by atoms with Gasteiger partial charge in [-0.15, -0.1) is 0 Å². The van der Waals surface area contributed by atoms with Crippen LogP contribution in [0.3, 0.4) is 0 Å². The first-order valence-corrected chi connectivity index (χ1v) is 12.6. The molecular weight excluding hydrogens is 459 g/mol. The Kier molecular flexibility index (Phi) is 7.08. The highest BCUT2D eigenvalue weighted by atomic mass is 32.2. The van der Waals surface area contributed by atoms with Crippen molar-refractivity contribution >= 4 is 21.6 Å². The lowest BCUT2D eigenvalue weighted by atomic mass is 9.97. The van der Waals surface area contributed by atoms with Gasteiger partial charge in [0.2, 0.25) is 21.8 Å². The van der Waals surface area contributed by atoms with Crippen molar-refractivity contribution in [2.45, 2.75) is 43.9 Å². The van der Waals surface area contributed by atoms with Gasteiger partial charge in [-0.2, -0.15) is 9.29 Å². The second-order valence-corrected chi connectivity index (χ2v) is 10.6. The molecule has 1 aliphatic rings. The number of sulfonamides is 1. The molecule has 0 unspecified atom stereocenters. The van der Waals surface area contributed by atoms with E-state index in [9.17, 15) is 17.6 Å². The number of halogens is 1. The monoisotopic (exact) mass is 486 g/mol. The van der Waals surface area contributed by atoms with Crippen LogP contribution in [0.25, 0.3) is 0 Å². The summed E-state index contributed by atoms with van der Waals surface area (Å²) in [5, 5.41) is 6.91. The fourth-order valence-electron chi connectivity index (χ4n) is 3.82. The van der Waals surface area contributed by atoms with Crippen molar-refractivity contribution in [2.75, 3.05) is 18.4 Å². The van der Waals surface area contributed by atoms with E-state index in [0.717, 1.165) is 17.7 Å². The summed E-state index contributed by atoms with van der Waals surface area (Å²) in [5.41, 5.74) is 1.67.